The molecule has 4 heteroatoms. The summed E-state index contributed by atoms with van der Waals surface area (Å²) in [6.07, 6.45) is 5.57. The average Bonchev–Trinajstić information content (AvgIpc) is 2.60. The molecule has 0 amide bonds. The standard InChI is InChI=1S/C20H24N4/c1-23(2)12-13-24(15-17-7-10-21-11-8-17)16-18-5-6-20-19(14-18)4-3-9-22-20/h3-11,14H,12-13,15-16H2,1-2H3. The zero-order chi connectivity index (χ0) is 16.8. The minimum absolute atomic E-state index is 0.932. The normalized spacial score (nSPS) is 11.5. The van der Waals surface area contributed by atoms with Gasteiger partial charge in [0.05, 0.1) is 5.52 Å². The van der Waals surface area contributed by atoms with Crippen molar-refractivity contribution in [2.45, 2.75) is 13.1 Å². The lowest BCUT2D eigenvalue weighted by molar-refractivity contribution is 0.226. The number of aromatic nitrogens is 2. The minimum Gasteiger partial charge on any atom is -0.308 e. The minimum atomic E-state index is 0.932. The van der Waals surface area contributed by atoms with Crippen LogP contribution in [0.2, 0.25) is 0 Å². The van der Waals surface area contributed by atoms with Gasteiger partial charge in [0.15, 0.2) is 0 Å². The maximum Gasteiger partial charge on any atom is 0.0702 e. The molecule has 0 aliphatic rings. The lowest BCUT2D eigenvalue weighted by Gasteiger charge is -2.24. The van der Waals surface area contributed by atoms with Gasteiger partial charge in [0, 0.05) is 50.2 Å². The summed E-state index contributed by atoms with van der Waals surface area (Å²) in [4.78, 5) is 13.2. The van der Waals surface area contributed by atoms with Crippen molar-refractivity contribution in [2.75, 3.05) is 27.2 Å². The van der Waals surface area contributed by atoms with E-state index in [1.807, 2.05) is 24.7 Å². The van der Waals surface area contributed by atoms with Crippen LogP contribution in [0.3, 0.4) is 0 Å². The Labute approximate surface area is 143 Å². The predicted molar refractivity (Wildman–Crippen MR) is 98.6 cm³/mol. The Morgan fingerprint density at radius 3 is 2.42 bits per heavy atom. The van der Waals surface area contributed by atoms with Crippen molar-refractivity contribution in [1.29, 1.82) is 0 Å². The molecule has 0 unspecified atom stereocenters. The largest absolute Gasteiger partial charge is 0.308 e. The van der Waals surface area contributed by atoms with Crippen LogP contribution in [0, 0.1) is 0 Å². The average molecular weight is 320 g/mol. The second kappa shape index (κ2) is 7.99. The number of hydrogen-bond donors (Lipinski definition) is 0. The van der Waals surface area contributed by atoms with Gasteiger partial charge in [-0.2, -0.15) is 0 Å². The van der Waals surface area contributed by atoms with Gasteiger partial charge in [-0.3, -0.25) is 14.9 Å². The molecule has 2 aromatic heterocycles. The Morgan fingerprint density at radius 2 is 1.62 bits per heavy atom. The van der Waals surface area contributed by atoms with Gasteiger partial charge in [-0.15, -0.1) is 0 Å². The summed E-state index contributed by atoms with van der Waals surface area (Å²) in [5.41, 5.74) is 3.67. The third-order valence-corrected chi connectivity index (χ3v) is 4.09. The summed E-state index contributed by atoms with van der Waals surface area (Å²) in [5, 5.41) is 1.20. The van der Waals surface area contributed by atoms with E-state index in [0.717, 1.165) is 31.7 Å². The number of rotatable bonds is 7. The maximum absolute atomic E-state index is 4.40. The number of benzene rings is 1. The Kier molecular flexibility index (Phi) is 5.51. The molecule has 0 N–H and O–H groups in total. The van der Waals surface area contributed by atoms with Crippen molar-refractivity contribution >= 4 is 10.9 Å². The molecule has 0 saturated carbocycles. The molecule has 0 aliphatic heterocycles. The fraction of sp³-hybridized carbons (Fsp3) is 0.300. The Morgan fingerprint density at radius 1 is 0.833 bits per heavy atom. The van der Waals surface area contributed by atoms with E-state index in [9.17, 15) is 0 Å². The van der Waals surface area contributed by atoms with Crippen molar-refractivity contribution in [2.24, 2.45) is 0 Å². The molecule has 2 heterocycles. The van der Waals surface area contributed by atoms with Crippen LogP contribution in [0.5, 0.6) is 0 Å². The Hall–Kier alpha value is -2.30. The van der Waals surface area contributed by atoms with Crippen LogP contribution in [0.25, 0.3) is 10.9 Å². The topological polar surface area (TPSA) is 32.3 Å². The third kappa shape index (κ3) is 4.60. The van der Waals surface area contributed by atoms with Gasteiger partial charge in [0.1, 0.15) is 0 Å². The molecule has 124 valence electrons. The highest BCUT2D eigenvalue weighted by Crippen LogP contribution is 2.16. The first-order valence-electron chi connectivity index (χ1n) is 8.30. The molecule has 3 aromatic rings. The van der Waals surface area contributed by atoms with Crippen LogP contribution >= 0.6 is 0 Å². The van der Waals surface area contributed by atoms with E-state index in [1.54, 1.807) is 0 Å². The highest BCUT2D eigenvalue weighted by molar-refractivity contribution is 5.78. The predicted octanol–water partition coefficient (Wildman–Crippen LogP) is 3.19. The number of hydrogen-bond acceptors (Lipinski definition) is 4. The molecule has 24 heavy (non-hydrogen) atoms. The maximum atomic E-state index is 4.40. The van der Waals surface area contributed by atoms with Crippen LogP contribution in [0.1, 0.15) is 11.1 Å². The third-order valence-electron chi connectivity index (χ3n) is 4.09. The monoisotopic (exact) mass is 320 g/mol. The van der Waals surface area contributed by atoms with Crippen molar-refractivity contribution in [3.8, 4) is 0 Å². The highest BCUT2D eigenvalue weighted by Gasteiger charge is 2.08. The Bertz CT molecular complexity index is 771. The number of nitrogens with zero attached hydrogens (tertiary/aromatic N) is 4. The zero-order valence-electron chi connectivity index (χ0n) is 14.4. The van der Waals surface area contributed by atoms with Crippen molar-refractivity contribution < 1.29 is 0 Å². The molecule has 0 atom stereocenters. The fourth-order valence-electron chi connectivity index (χ4n) is 2.78. The van der Waals surface area contributed by atoms with Gasteiger partial charge in [-0.05, 0) is 55.6 Å². The molecule has 0 radical (unpaired) electrons. The van der Waals surface area contributed by atoms with E-state index >= 15 is 0 Å². The first-order valence-corrected chi connectivity index (χ1v) is 8.30. The summed E-state index contributed by atoms with van der Waals surface area (Å²) in [6, 6.07) is 14.8. The van der Waals surface area contributed by atoms with Crippen LogP contribution in [-0.2, 0) is 13.1 Å². The molecular weight excluding hydrogens is 296 g/mol. The molecule has 0 bridgehead atoms. The second-order valence-corrected chi connectivity index (χ2v) is 6.40. The van der Waals surface area contributed by atoms with Gasteiger partial charge in [-0.25, -0.2) is 0 Å². The fourth-order valence-corrected chi connectivity index (χ4v) is 2.78. The van der Waals surface area contributed by atoms with Crippen LogP contribution in [-0.4, -0.2) is 47.0 Å². The second-order valence-electron chi connectivity index (χ2n) is 6.40. The van der Waals surface area contributed by atoms with E-state index < -0.39 is 0 Å². The van der Waals surface area contributed by atoms with Gasteiger partial charge in [0.2, 0.25) is 0 Å². The summed E-state index contributed by atoms with van der Waals surface area (Å²) < 4.78 is 0. The number of pyridine rings is 2. The molecule has 1 aromatic carbocycles. The van der Waals surface area contributed by atoms with Gasteiger partial charge in [-0.1, -0.05) is 12.1 Å². The van der Waals surface area contributed by atoms with E-state index in [1.165, 1.54) is 16.5 Å². The molecule has 0 saturated heterocycles. The van der Waals surface area contributed by atoms with Crippen LogP contribution in [0.4, 0.5) is 0 Å². The lowest BCUT2D eigenvalue weighted by atomic mass is 10.1. The number of likely N-dealkylation sites (N-methyl/N-ethyl adjacent to an activating group) is 1. The van der Waals surface area contributed by atoms with E-state index in [2.05, 4.69) is 70.3 Å². The van der Waals surface area contributed by atoms with Crippen LogP contribution in [0.15, 0.2) is 61.1 Å². The van der Waals surface area contributed by atoms with Gasteiger partial charge < -0.3 is 4.90 Å². The quantitative estimate of drug-likeness (QED) is 0.669. The molecule has 3 rings (SSSR count). The smallest absolute Gasteiger partial charge is 0.0702 e. The molecule has 0 fully saturated rings. The van der Waals surface area contributed by atoms with Gasteiger partial charge >= 0.3 is 0 Å². The highest BCUT2D eigenvalue weighted by atomic mass is 15.2. The molecule has 4 nitrogen and oxygen atoms in total. The Balaban J connectivity index is 1.76. The van der Waals surface area contributed by atoms with Crippen molar-refractivity contribution in [1.82, 2.24) is 19.8 Å². The van der Waals surface area contributed by atoms with Gasteiger partial charge in [0.25, 0.3) is 0 Å². The summed E-state index contributed by atoms with van der Waals surface area (Å²) in [5.74, 6) is 0. The molecule has 0 spiro atoms. The number of fused-ring (bicyclic) bond motifs is 1. The van der Waals surface area contributed by atoms with Crippen LogP contribution < -0.4 is 0 Å². The van der Waals surface area contributed by atoms with E-state index in [0.29, 0.717) is 0 Å². The van der Waals surface area contributed by atoms with Crippen molar-refractivity contribution in [3.05, 3.63) is 72.2 Å². The first-order chi connectivity index (χ1) is 11.7. The SMILES string of the molecule is CN(C)CCN(Cc1ccncc1)Cc1ccc2ncccc2c1. The summed E-state index contributed by atoms with van der Waals surface area (Å²) in [7, 11) is 4.23. The lowest BCUT2D eigenvalue weighted by Crippen LogP contribution is -2.31. The molecular formula is C20H24N4. The molecule has 0 aliphatic carbocycles. The summed E-state index contributed by atoms with van der Waals surface area (Å²) in [6.45, 7) is 3.93. The summed E-state index contributed by atoms with van der Waals surface area (Å²) >= 11 is 0. The van der Waals surface area contributed by atoms with E-state index in [4.69, 9.17) is 0 Å². The zero-order valence-corrected chi connectivity index (χ0v) is 14.4. The first kappa shape index (κ1) is 16.6. The van der Waals surface area contributed by atoms with E-state index in [-0.39, 0.29) is 0 Å². The van der Waals surface area contributed by atoms with Crippen molar-refractivity contribution in [3.63, 3.8) is 0 Å².